The van der Waals surface area contributed by atoms with E-state index >= 15 is 0 Å². The van der Waals surface area contributed by atoms with Crippen LogP contribution in [0.1, 0.15) is 77.7 Å². The van der Waals surface area contributed by atoms with Crippen molar-refractivity contribution in [3.63, 3.8) is 0 Å². The van der Waals surface area contributed by atoms with Crippen LogP contribution in [0.4, 0.5) is 0 Å². The van der Waals surface area contributed by atoms with Gasteiger partial charge in [-0.05, 0) is 43.5 Å². The molecule has 10 nitrogen and oxygen atoms in total. The number of ketones is 1. The lowest BCUT2D eigenvalue weighted by Gasteiger charge is -2.38. The van der Waals surface area contributed by atoms with E-state index in [1.165, 1.54) is 11.0 Å². The number of nitrogens with one attached hydrogen (secondary N) is 1. The first kappa shape index (κ1) is 40.1. The molecule has 2 aliphatic heterocycles. The molecule has 0 saturated carbocycles. The van der Waals surface area contributed by atoms with Gasteiger partial charge in [0.2, 0.25) is 11.8 Å². The van der Waals surface area contributed by atoms with Crippen LogP contribution in [0.2, 0.25) is 37.8 Å². The van der Waals surface area contributed by atoms with Gasteiger partial charge >= 0.3 is 5.97 Å². The first-order chi connectivity index (χ1) is 22.6. The summed E-state index contributed by atoms with van der Waals surface area (Å²) in [5, 5.41) is 3.27. The minimum atomic E-state index is -2.26. The van der Waals surface area contributed by atoms with Crippen LogP contribution in [0.25, 0.3) is 0 Å². The summed E-state index contributed by atoms with van der Waals surface area (Å²) in [4.78, 5) is 59.9. The number of esters is 1. The Bertz CT molecular complexity index is 1520. The zero-order valence-corrected chi connectivity index (χ0v) is 33.6. The van der Waals surface area contributed by atoms with E-state index in [9.17, 15) is 19.2 Å². The second-order valence-corrected chi connectivity index (χ2v) is 25.8. The molecule has 3 heterocycles. The van der Waals surface area contributed by atoms with Gasteiger partial charge < -0.3 is 23.8 Å². The quantitative estimate of drug-likeness (QED) is 0.288. The van der Waals surface area contributed by atoms with Gasteiger partial charge in [-0.2, -0.15) is 0 Å². The molecule has 3 rings (SSSR count). The molecule has 0 aliphatic carbocycles. The fraction of sp³-hybridized carbons (Fsp3) is 0.595. The number of nitrogens with zero attached hydrogens (tertiary/aromatic N) is 2. The molecule has 1 aromatic heterocycles. The number of cyclic esters (lactones) is 1. The van der Waals surface area contributed by atoms with Crippen LogP contribution in [0.5, 0.6) is 0 Å². The zero-order valence-electron chi connectivity index (χ0n) is 31.6. The predicted octanol–water partition coefficient (Wildman–Crippen LogP) is 6.23. The van der Waals surface area contributed by atoms with E-state index in [4.69, 9.17) is 13.6 Å². The number of Topliss-reactive ketones (excluding diaryl/α,β-unsaturated/α-hetero) is 1. The van der Waals surface area contributed by atoms with Crippen LogP contribution in [0.15, 0.2) is 52.1 Å². The smallest absolute Gasteiger partial charge is 0.355 e. The fourth-order valence-electron chi connectivity index (χ4n) is 5.54. The fourth-order valence-corrected chi connectivity index (χ4v) is 8.10. The van der Waals surface area contributed by atoms with Crippen LogP contribution in [0, 0.1) is 11.8 Å². The number of hydrogen-bond donors (Lipinski definition) is 1. The van der Waals surface area contributed by atoms with E-state index < -0.39 is 40.5 Å². The average Bonchev–Trinajstić information content (AvgIpc) is 3.63. The first-order valence-corrected chi connectivity index (χ1v) is 23.7. The highest BCUT2D eigenvalue weighted by atomic mass is 28.4. The number of carbonyl (C=O) groups is 4. The monoisotopic (exact) mass is 711 g/mol. The highest BCUT2D eigenvalue weighted by Gasteiger charge is 2.40. The Kier molecular flexibility index (Phi) is 13.2. The molecule has 12 heteroatoms. The van der Waals surface area contributed by atoms with Gasteiger partial charge in [-0.3, -0.25) is 14.4 Å². The molecule has 0 radical (unpaired) electrons. The average molecular weight is 712 g/mol. The van der Waals surface area contributed by atoms with Crippen molar-refractivity contribution in [2.75, 3.05) is 13.1 Å². The number of amides is 2. The van der Waals surface area contributed by atoms with E-state index in [-0.39, 0.29) is 58.7 Å². The van der Waals surface area contributed by atoms with Gasteiger partial charge in [-0.1, -0.05) is 97.1 Å². The Morgan fingerprint density at radius 3 is 2.35 bits per heavy atom. The van der Waals surface area contributed by atoms with Crippen molar-refractivity contribution in [2.45, 2.75) is 118 Å². The maximum Gasteiger partial charge on any atom is 0.355 e. The summed E-state index contributed by atoms with van der Waals surface area (Å²) in [6, 6.07) is 0. The Hall–Kier alpha value is -3.36. The Labute approximate surface area is 294 Å². The topological polar surface area (TPSA) is 128 Å². The summed E-state index contributed by atoms with van der Waals surface area (Å²) in [5.74, 6) is -1.60. The molecular weight excluding hydrogens is 655 g/mol. The summed E-state index contributed by atoms with van der Waals surface area (Å²) in [5.41, 5.74) is 1.19. The lowest BCUT2D eigenvalue weighted by Crippen LogP contribution is -2.44. The number of oxazole rings is 1. The second kappa shape index (κ2) is 16.1. The predicted molar refractivity (Wildman–Crippen MR) is 198 cm³/mol. The molecule has 2 amide bonds. The molecule has 3 atom stereocenters. The van der Waals surface area contributed by atoms with E-state index in [2.05, 4.69) is 44.2 Å². The van der Waals surface area contributed by atoms with Crippen LogP contribution in [-0.2, 0) is 30.0 Å². The van der Waals surface area contributed by atoms with Gasteiger partial charge in [0, 0.05) is 25.4 Å². The molecule has 49 heavy (non-hydrogen) atoms. The molecule has 0 saturated heterocycles. The number of aromatic nitrogens is 1. The molecule has 0 aromatic carbocycles. The van der Waals surface area contributed by atoms with Crippen molar-refractivity contribution >= 4 is 45.3 Å². The lowest BCUT2D eigenvalue weighted by atomic mass is 9.94. The zero-order chi connectivity index (χ0) is 36.9. The molecule has 2 aliphatic rings. The van der Waals surface area contributed by atoms with Gasteiger partial charge in [0.25, 0.3) is 5.91 Å². The normalized spacial score (nSPS) is 23.5. The number of carbonyl (C=O) groups excluding carboxylic acids is 4. The molecule has 1 unspecified atom stereocenters. The summed E-state index contributed by atoms with van der Waals surface area (Å²) in [6.45, 7) is 25.2. The van der Waals surface area contributed by atoms with Gasteiger partial charge in [0.1, 0.15) is 31.0 Å². The molecule has 1 N–H and O–H groups in total. The van der Waals surface area contributed by atoms with Gasteiger partial charge in [0.15, 0.2) is 14.0 Å². The summed E-state index contributed by atoms with van der Waals surface area (Å²) in [6.07, 6.45) is 10.1. The van der Waals surface area contributed by atoms with E-state index in [0.29, 0.717) is 24.9 Å². The minimum absolute atomic E-state index is 0.0523. The van der Waals surface area contributed by atoms with Crippen molar-refractivity contribution in [3.05, 3.63) is 59.3 Å². The molecule has 1 aromatic rings. The highest BCUT2D eigenvalue weighted by molar-refractivity contribution is 6.88. The van der Waals surface area contributed by atoms with Crippen molar-refractivity contribution in [1.29, 1.82) is 0 Å². The third-order valence-electron chi connectivity index (χ3n) is 9.21. The van der Waals surface area contributed by atoms with Crippen LogP contribution in [0.3, 0.4) is 0 Å². The standard InChI is InChI=1S/C37H57N3O7Si2/c1-24(2)33-26(4)17-18-30(42)38-19-13-15-25(3)21-28(47-49(11,12)37(5,6)7)22-27(41)23-31-39-32(36(45-31)48(8,9)10)34(43)40-20-14-16-29(40)35(44)46-33/h13,15-18,21,24,26,28,33H,14,19-20,22-23H2,1-12H3,(H,38,42)/b15-13?,18-17+,25-21?/t26-,28?,33-/m1/s1. The molecular formula is C37H57N3O7Si2. The summed E-state index contributed by atoms with van der Waals surface area (Å²) in [7, 11) is -4.52. The maximum atomic E-state index is 14.1. The number of fused-ring (bicyclic) bond motifs is 3. The second-order valence-electron chi connectivity index (χ2n) is 16.1. The van der Waals surface area contributed by atoms with Crippen LogP contribution in [-0.4, -0.2) is 75.1 Å². The summed E-state index contributed by atoms with van der Waals surface area (Å²) < 4.78 is 18.9. The summed E-state index contributed by atoms with van der Waals surface area (Å²) >= 11 is 0. The van der Waals surface area contributed by atoms with E-state index in [1.54, 1.807) is 12.2 Å². The Morgan fingerprint density at radius 2 is 1.73 bits per heavy atom. The lowest BCUT2D eigenvalue weighted by molar-refractivity contribution is -0.149. The number of allylic oxidation sites excluding steroid dienone is 2. The first-order valence-electron chi connectivity index (χ1n) is 17.3. The number of rotatable bonds is 4. The van der Waals surface area contributed by atoms with E-state index in [0.717, 1.165) is 5.57 Å². The third kappa shape index (κ3) is 10.8. The minimum Gasteiger partial charge on any atom is -0.457 e. The van der Waals surface area contributed by atoms with Crippen molar-refractivity contribution < 1.29 is 32.8 Å². The molecule has 270 valence electrons. The van der Waals surface area contributed by atoms with Gasteiger partial charge in [-0.25, -0.2) is 9.78 Å². The Balaban J connectivity index is 2.06. The molecule has 0 fully saturated rings. The number of ether oxygens (including phenoxy) is 1. The van der Waals surface area contributed by atoms with E-state index in [1.807, 2.05) is 65.6 Å². The van der Waals surface area contributed by atoms with Crippen molar-refractivity contribution in [2.24, 2.45) is 11.8 Å². The number of hydrogen-bond acceptors (Lipinski definition) is 8. The maximum absolute atomic E-state index is 14.1. The van der Waals surface area contributed by atoms with Gasteiger partial charge in [0.05, 0.1) is 12.5 Å². The largest absolute Gasteiger partial charge is 0.457 e. The highest BCUT2D eigenvalue weighted by Crippen LogP contribution is 2.38. The third-order valence-corrected chi connectivity index (χ3v) is 15.4. The van der Waals surface area contributed by atoms with Crippen LogP contribution < -0.4 is 10.7 Å². The van der Waals surface area contributed by atoms with Crippen molar-refractivity contribution in [1.82, 2.24) is 15.2 Å². The Morgan fingerprint density at radius 1 is 1.06 bits per heavy atom. The van der Waals surface area contributed by atoms with Crippen molar-refractivity contribution in [3.8, 4) is 0 Å². The molecule has 2 bridgehead atoms. The SMILES string of the molecule is CC1=CC(O[Si](C)(C)C(C)(C)C)CC(=O)Cc2nc(c([Si](C)(C)C)o2)C(=O)N2CCC=C2C(=O)O[C@H](C(C)C)[C@H](C)/C=C/C(=O)NCC=C1. The molecule has 0 spiro atoms. The van der Waals surface area contributed by atoms with Crippen LogP contribution >= 0.6 is 0 Å². The van der Waals surface area contributed by atoms with Gasteiger partial charge in [-0.15, -0.1) is 0 Å².